The van der Waals surface area contributed by atoms with E-state index >= 15 is 0 Å². The van der Waals surface area contributed by atoms with Crippen LogP contribution in [0.15, 0.2) is 54.9 Å². The maximum atomic E-state index is 4.70. The van der Waals surface area contributed by atoms with Gasteiger partial charge in [0.1, 0.15) is 11.6 Å². The zero-order valence-corrected chi connectivity index (χ0v) is 16.7. The van der Waals surface area contributed by atoms with Crippen molar-refractivity contribution in [2.45, 2.75) is 0 Å². The Balaban J connectivity index is 1.38. The number of aromatic nitrogens is 3. The first-order valence-electron chi connectivity index (χ1n) is 9.88. The first-order chi connectivity index (χ1) is 13.7. The zero-order chi connectivity index (χ0) is 19.3. The molecule has 3 aromatic rings. The van der Waals surface area contributed by atoms with Crippen molar-refractivity contribution in [3.05, 3.63) is 54.9 Å². The summed E-state index contributed by atoms with van der Waals surface area (Å²) in [5.74, 6) is 1.90. The van der Waals surface area contributed by atoms with Crippen LogP contribution in [0.4, 0.5) is 5.82 Å². The third-order valence-corrected chi connectivity index (χ3v) is 5.24. The molecule has 1 fully saturated rings. The van der Waals surface area contributed by atoms with E-state index in [0.29, 0.717) is 0 Å². The molecule has 1 N–H and O–H groups in total. The molecular formula is C22H28N6. The van der Waals surface area contributed by atoms with Crippen LogP contribution >= 0.6 is 0 Å². The van der Waals surface area contributed by atoms with Crippen LogP contribution in [0.2, 0.25) is 0 Å². The highest BCUT2D eigenvalue weighted by Gasteiger charge is 2.18. The maximum absolute atomic E-state index is 4.70. The SMILES string of the molecule is CN(C)CCN1CCN(c2ccc(-c3ncc(-c4ccccc4)[nH]3)cn2)CC1. The Labute approximate surface area is 166 Å². The molecule has 1 aliphatic rings. The number of piperazine rings is 1. The summed E-state index contributed by atoms with van der Waals surface area (Å²) < 4.78 is 0. The van der Waals surface area contributed by atoms with E-state index in [1.807, 2.05) is 30.6 Å². The number of anilines is 1. The average Bonchev–Trinajstić information content (AvgIpc) is 3.24. The van der Waals surface area contributed by atoms with Gasteiger partial charge in [0.25, 0.3) is 0 Å². The second kappa shape index (κ2) is 8.54. The van der Waals surface area contributed by atoms with Gasteiger partial charge in [-0.2, -0.15) is 0 Å². The third-order valence-electron chi connectivity index (χ3n) is 5.24. The summed E-state index contributed by atoms with van der Waals surface area (Å²) in [6.45, 7) is 6.49. The van der Waals surface area contributed by atoms with Crippen LogP contribution in [0.5, 0.6) is 0 Å². The lowest BCUT2D eigenvalue weighted by Gasteiger charge is -2.35. The number of H-pyrrole nitrogens is 1. The minimum absolute atomic E-state index is 0.853. The predicted octanol–water partition coefficient (Wildman–Crippen LogP) is 2.82. The van der Waals surface area contributed by atoms with Gasteiger partial charge < -0.3 is 14.8 Å². The van der Waals surface area contributed by atoms with Crippen molar-refractivity contribution in [2.24, 2.45) is 0 Å². The lowest BCUT2D eigenvalue weighted by molar-refractivity contribution is 0.229. The van der Waals surface area contributed by atoms with Gasteiger partial charge in [0.15, 0.2) is 0 Å². The molecule has 6 nitrogen and oxygen atoms in total. The topological polar surface area (TPSA) is 51.3 Å². The number of hydrogen-bond acceptors (Lipinski definition) is 5. The summed E-state index contributed by atoms with van der Waals surface area (Å²) >= 11 is 0. The second-order valence-electron chi connectivity index (χ2n) is 7.55. The van der Waals surface area contributed by atoms with Crippen LogP contribution in [-0.4, -0.2) is 78.1 Å². The molecule has 0 radical (unpaired) electrons. The van der Waals surface area contributed by atoms with E-state index in [9.17, 15) is 0 Å². The second-order valence-corrected chi connectivity index (χ2v) is 7.55. The van der Waals surface area contributed by atoms with Crippen molar-refractivity contribution in [1.82, 2.24) is 24.8 Å². The van der Waals surface area contributed by atoms with E-state index in [0.717, 1.165) is 67.7 Å². The Kier molecular flexibility index (Phi) is 5.69. The van der Waals surface area contributed by atoms with Crippen LogP contribution < -0.4 is 4.90 Å². The number of likely N-dealkylation sites (N-methyl/N-ethyl adjacent to an activating group) is 1. The number of pyridine rings is 1. The molecule has 28 heavy (non-hydrogen) atoms. The standard InChI is InChI=1S/C22H28N6/c1-26(2)10-11-27-12-14-28(15-13-27)21-9-8-19(16-23-21)22-24-17-20(25-22)18-6-4-3-5-7-18/h3-9,16-17H,10-15H2,1-2H3,(H,24,25). The fourth-order valence-electron chi connectivity index (χ4n) is 3.49. The lowest BCUT2D eigenvalue weighted by atomic mass is 10.2. The molecule has 3 heterocycles. The van der Waals surface area contributed by atoms with Gasteiger partial charge in [-0.1, -0.05) is 30.3 Å². The quantitative estimate of drug-likeness (QED) is 0.717. The highest BCUT2D eigenvalue weighted by Crippen LogP contribution is 2.23. The van der Waals surface area contributed by atoms with Crippen molar-refractivity contribution in [3.63, 3.8) is 0 Å². The molecular weight excluding hydrogens is 348 g/mol. The van der Waals surface area contributed by atoms with Crippen LogP contribution in [0, 0.1) is 0 Å². The molecule has 1 aromatic carbocycles. The van der Waals surface area contributed by atoms with Crippen molar-refractivity contribution in [1.29, 1.82) is 0 Å². The van der Waals surface area contributed by atoms with Crippen LogP contribution in [0.1, 0.15) is 0 Å². The monoisotopic (exact) mass is 376 g/mol. The van der Waals surface area contributed by atoms with E-state index in [4.69, 9.17) is 4.98 Å². The number of aromatic amines is 1. The van der Waals surface area contributed by atoms with Gasteiger partial charge in [-0.3, -0.25) is 4.90 Å². The van der Waals surface area contributed by atoms with Gasteiger partial charge in [-0.15, -0.1) is 0 Å². The number of rotatable bonds is 6. The Morgan fingerprint density at radius 1 is 0.893 bits per heavy atom. The van der Waals surface area contributed by atoms with Crippen LogP contribution in [0.25, 0.3) is 22.6 Å². The third kappa shape index (κ3) is 4.40. The summed E-state index contributed by atoms with van der Waals surface area (Å²) in [5.41, 5.74) is 3.17. The van der Waals surface area contributed by atoms with E-state index in [1.54, 1.807) is 0 Å². The molecule has 0 bridgehead atoms. The van der Waals surface area contributed by atoms with Crippen molar-refractivity contribution in [3.8, 4) is 22.6 Å². The largest absolute Gasteiger partial charge is 0.354 e. The maximum Gasteiger partial charge on any atom is 0.139 e. The Hall–Kier alpha value is -2.70. The lowest BCUT2D eigenvalue weighted by Crippen LogP contribution is -2.48. The Morgan fingerprint density at radius 2 is 1.68 bits per heavy atom. The summed E-state index contributed by atoms with van der Waals surface area (Å²) in [7, 11) is 4.26. The molecule has 0 unspecified atom stereocenters. The molecule has 0 amide bonds. The van der Waals surface area contributed by atoms with Gasteiger partial charge in [0.05, 0.1) is 11.9 Å². The molecule has 2 aromatic heterocycles. The fraction of sp³-hybridized carbons (Fsp3) is 0.364. The highest BCUT2D eigenvalue weighted by atomic mass is 15.3. The smallest absolute Gasteiger partial charge is 0.139 e. The van der Waals surface area contributed by atoms with Crippen LogP contribution in [0.3, 0.4) is 0 Å². The minimum atomic E-state index is 0.853. The molecule has 1 saturated heterocycles. The van der Waals surface area contributed by atoms with Gasteiger partial charge in [-0.25, -0.2) is 9.97 Å². The predicted molar refractivity (Wildman–Crippen MR) is 114 cm³/mol. The molecule has 6 heteroatoms. The first kappa shape index (κ1) is 18.7. The summed E-state index contributed by atoms with van der Waals surface area (Å²) in [5, 5.41) is 0. The number of nitrogens with one attached hydrogen (secondary N) is 1. The van der Waals surface area contributed by atoms with E-state index in [2.05, 4.69) is 63.0 Å². The van der Waals surface area contributed by atoms with Gasteiger partial charge in [-0.05, 0) is 31.8 Å². The zero-order valence-electron chi connectivity index (χ0n) is 16.7. The molecule has 0 aliphatic carbocycles. The molecule has 0 atom stereocenters. The first-order valence-corrected chi connectivity index (χ1v) is 9.88. The van der Waals surface area contributed by atoms with Crippen molar-refractivity contribution < 1.29 is 0 Å². The minimum Gasteiger partial charge on any atom is -0.354 e. The normalized spacial score (nSPS) is 15.3. The van der Waals surface area contributed by atoms with Gasteiger partial charge >= 0.3 is 0 Å². The van der Waals surface area contributed by atoms with Crippen molar-refractivity contribution in [2.75, 3.05) is 58.3 Å². The van der Waals surface area contributed by atoms with E-state index < -0.39 is 0 Å². The molecule has 1 aliphatic heterocycles. The number of imidazole rings is 1. The number of nitrogens with zero attached hydrogens (tertiary/aromatic N) is 5. The van der Waals surface area contributed by atoms with Crippen LogP contribution in [-0.2, 0) is 0 Å². The number of hydrogen-bond donors (Lipinski definition) is 1. The Morgan fingerprint density at radius 3 is 2.36 bits per heavy atom. The van der Waals surface area contributed by atoms with Gasteiger partial charge in [0.2, 0.25) is 0 Å². The van der Waals surface area contributed by atoms with E-state index in [1.165, 1.54) is 0 Å². The highest BCUT2D eigenvalue weighted by molar-refractivity contribution is 5.64. The molecule has 0 spiro atoms. The summed E-state index contributed by atoms with van der Waals surface area (Å²) in [6, 6.07) is 14.5. The molecule has 4 rings (SSSR count). The summed E-state index contributed by atoms with van der Waals surface area (Å²) in [6.07, 6.45) is 3.80. The fourth-order valence-corrected chi connectivity index (χ4v) is 3.49. The molecule has 0 saturated carbocycles. The van der Waals surface area contributed by atoms with Crippen molar-refractivity contribution >= 4 is 5.82 Å². The molecule has 146 valence electrons. The van der Waals surface area contributed by atoms with E-state index in [-0.39, 0.29) is 0 Å². The van der Waals surface area contributed by atoms with Gasteiger partial charge in [0, 0.05) is 51.0 Å². The Bertz CT molecular complexity index is 864. The number of benzene rings is 1. The average molecular weight is 377 g/mol. The summed E-state index contributed by atoms with van der Waals surface area (Å²) in [4.78, 5) is 19.8.